The zero-order valence-electron chi connectivity index (χ0n) is 7.04. The highest BCUT2D eigenvalue weighted by molar-refractivity contribution is 6.29. The molecule has 1 atom stereocenters. The lowest BCUT2D eigenvalue weighted by molar-refractivity contribution is 0.406. The van der Waals surface area contributed by atoms with Crippen LogP contribution in [0.25, 0.3) is 0 Å². The van der Waals surface area contributed by atoms with Crippen molar-refractivity contribution in [2.45, 2.75) is 13.0 Å². The molecule has 0 aliphatic rings. The Hall–Kier alpha value is -0.800. The van der Waals surface area contributed by atoms with Gasteiger partial charge < -0.3 is 10.5 Å². The first-order valence-corrected chi connectivity index (χ1v) is 3.98. The van der Waals surface area contributed by atoms with Crippen molar-refractivity contribution in [2.24, 2.45) is 5.73 Å². The standard InChI is InChI=1S/C8H11ClN2O/c1-5(10)6-4-11-8(9)3-7(6)12-2/h3-5H,10H2,1-2H3/t5-/m0/s1. The van der Waals surface area contributed by atoms with Gasteiger partial charge >= 0.3 is 0 Å². The summed E-state index contributed by atoms with van der Waals surface area (Å²) < 4.78 is 5.08. The molecule has 1 heterocycles. The third-order valence-electron chi connectivity index (χ3n) is 1.57. The molecule has 3 nitrogen and oxygen atoms in total. The summed E-state index contributed by atoms with van der Waals surface area (Å²) in [6, 6.07) is 1.56. The number of hydrogen-bond donors (Lipinski definition) is 1. The molecular formula is C8H11ClN2O. The van der Waals surface area contributed by atoms with Crippen molar-refractivity contribution in [1.29, 1.82) is 0 Å². The molecule has 0 amide bonds. The molecule has 0 fully saturated rings. The molecule has 0 radical (unpaired) electrons. The van der Waals surface area contributed by atoms with Gasteiger partial charge in [0, 0.05) is 23.9 Å². The molecule has 12 heavy (non-hydrogen) atoms. The summed E-state index contributed by atoms with van der Waals surface area (Å²) in [6.07, 6.45) is 1.63. The normalized spacial score (nSPS) is 12.7. The number of nitrogens with zero attached hydrogens (tertiary/aromatic N) is 1. The minimum atomic E-state index is -0.0929. The summed E-state index contributed by atoms with van der Waals surface area (Å²) in [5, 5.41) is 0.413. The Morgan fingerprint density at radius 2 is 2.33 bits per heavy atom. The highest BCUT2D eigenvalue weighted by atomic mass is 35.5. The summed E-state index contributed by atoms with van der Waals surface area (Å²) in [5.41, 5.74) is 6.54. The van der Waals surface area contributed by atoms with E-state index >= 15 is 0 Å². The van der Waals surface area contributed by atoms with Gasteiger partial charge in [-0.15, -0.1) is 0 Å². The van der Waals surface area contributed by atoms with E-state index in [1.165, 1.54) is 0 Å². The van der Waals surface area contributed by atoms with Crippen molar-refractivity contribution in [2.75, 3.05) is 7.11 Å². The van der Waals surface area contributed by atoms with Crippen molar-refractivity contribution in [1.82, 2.24) is 4.98 Å². The van der Waals surface area contributed by atoms with E-state index in [1.54, 1.807) is 19.4 Å². The Morgan fingerprint density at radius 3 is 2.83 bits per heavy atom. The lowest BCUT2D eigenvalue weighted by Crippen LogP contribution is -2.07. The zero-order chi connectivity index (χ0) is 9.14. The predicted octanol–water partition coefficient (Wildman–Crippen LogP) is 1.76. The maximum Gasteiger partial charge on any atom is 0.132 e. The molecule has 2 N–H and O–H groups in total. The summed E-state index contributed by atoms with van der Waals surface area (Å²) in [4.78, 5) is 3.91. The zero-order valence-corrected chi connectivity index (χ0v) is 7.80. The van der Waals surface area contributed by atoms with Crippen LogP contribution in [0.1, 0.15) is 18.5 Å². The van der Waals surface area contributed by atoms with Gasteiger partial charge in [0.05, 0.1) is 7.11 Å². The van der Waals surface area contributed by atoms with Crippen molar-refractivity contribution in [3.8, 4) is 5.75 Å². The highest BCUT2D eigenvalue weighted by Gasteiger charge is 2.07. The van der Waals surface area contributed by atoms with Gasteiger partial charge in [0.2, 0.25) is 0 Å². The van der Waals surface area contributed by atoms with Gasteiger partial charge in [0.15, 0.2) is 0 Å². The fourth-order valence-corrected chi connectivity index (χ4v) is 1.09. The van der Waals surface area contributed by atoms with E-state index in [0.717, 1.165) is 5.56 Å². The first kappa shape index (κ1) is 9.29. The Bertz CT molecular complexity index is 276. The van der Waals surface area contributed by atoms with Crippen LogP contribution in [0.2, 0.25) is 5.15 Å². The lowest BCUT2D eigenvalue weighted by Gasteiger charge is -2.10. The van der Waals surface area contributed by atoms with Gasteiger partial charge in [-0.25, -0.2) is 4.98 Å². The van der Waals surface area contributed by atoms with Crippen LogP contribution in [-0.4, -0.2) is 12.1 Å². The van der Waals surface area contributed by atoms with Gasteiger partial charge in [-0.3, -0.25) is 0 Å². The smallest absolute Gasteiger partial charge is 0.132 e. The topological polar surface area (TPSA) is 48.1 Å². The minimum Gasteiger partial charge on any atom is -0.496 e. The number of aromatic nitrogens is 1. The van der Waals surface area contributed by atoms with Crippen LogP contribution < -0.4 is 10.5 Å². The van der Waals surface area contributed by atoms with Crippen LogP contribution >= 0.6 is 11.6 Å². The van der Waals surface area contributed by atoms with Crippen molar-refractivity contribution < 1.29 is 4.74 Å². The monoisotopic (exact) mass is 186 g/mol. The highest BCUT2D eigenvalue weighted by Crippen LogP contribution is 2.24. The molecule has 0 saturated carbocycles. The Kier molecular flexibility index (Phi) is 2.89. The van der Waals surface area contributed by atoms with Crippen LogP contribution in [0.5, 0.6) is 5.75 Å². The average Bonchev–Trinajstić information content (AvgIpc) is 2.03. The van der Waals surface area contributed by atoms with Crippen molar-refractivity contribution in [3.05, 3.63) is 23.0 Å². The Balaban J connectivity index is 3.11. The van der Waals surface area contributed by atoms with Gasteiger partial charge in [-0.1, -0.05) is 11.6 Å². The second kappa shape index (κ2) is 3.74. The molecule has 0 spiro atoms. The summed E-state index contributed by atoms with van der Waals surface area (Å²) in [5.74, 6) is 0.685. The molecule has 0 aromatic carbocycles. The third-order valence-corrected chi connectivity index (χ3v) is 1.78. The van der Waals surface area contributed by atoms with E-state index < -0.39 is 0 Å². The number of pyridine rings is 1. The van der Waals surface area contributed by atoms with Crippen LogP contribution in [0.4, 0.5) is 0 Å². The Labute approximate surface area is 76.5 Å². The largest absolute Gasteiger partial charge is 0.496 e. The average molecular weight is 187 g/mol. The summed E-state index contributed by atoms with van der Waals surface area (Å²) >= 11 is 5.67. The van der Waals surface area contributed by atoms with Crippen LogP contribution in [0, 0.1) is 0 Å². The van der Waals surface area contributed by atoms with E-state index in [2.05, 4.69) is 4.98 Å². The van der Waals surface area contributed by atoms with Gasteiger partial charge in [-0.05, 0) is 6.92 Å². The number of methoxy groups -OCH3 is 1. The molecule has 1 aromatic heterocycles. The SMILES string of the molecule is COc1cc(Cl)ncc1[C@H](C)N. The lowest BCUT2D eigenvalue weighted by atomic mass is 10.1. The second-order valence-corrected chi connectivity index (χ2v) is 2.92. The number of halogens is 1. The third kappa shape index (κ3) is 1.87. The van der Waals surface area contributed by atoms with Gasteiger partial charge in [0.1, 0.15) is 10.9 Å². The van der Waals surface area contributed by atoms with Crippen LogP contribution in [0.3, 0.4) is 0 Å². The number of nitrogens with two attached hydrogens (primary N) is 1. The summed E-state index contributed by atoms with van der Waals surface area (Å²) in [7, 11) is 1.58. The molecule has 0 aliphatic heterocycles. The molecule has 0 bridgehead atoms. The van der Waals surface area contributed by atoms with Gasteiger partial charge in [-0.2, -0.15) is 0 Å². The molecule has 0 saturated heterocycles. The maximum absolute atomic E-state index is 5.68. The van der Waals surface area contributed by atoms with Crippen molar-refractivity contribution >= 4 is 11.6 Å². The van der Waals surface area contributed by atoms with Crippen molar-refractivity contribution in [3.63, 3.8) is 0 Å². The maximum atomic E-state index is 5.68. The molecule has 0 aliphatic carbocycles. The molecule has 1 aromatic rings. The molecule has 1 rings (SSSR count). The van der Waals surface area contributed by atoms with E-state index in [-0.39, 0.29) is 6.04 Å². The molecular weight excluding hydrogens is 176 g/mol. The first-order valence-electron chi connectivity index (χ1n) is 3.60. The second-order valence-electron chi connectivity index (χ2n) is 2.54. The fourth-order valence-electron chi connectivity index (χ4n) is 0.942. The van der Waals surface area contributed by atoms with E-state index in [9.17, 15) is 0 Å². The molecule has 0 unspecified atom stereocenters. The number of hydrogen-bond acceptors (Lipinski definition) is 3. The van der Waals surface area contributed by atoms with Crippen LogP contribution in [0.15, 0.2) is 12.3 Å². The van der Waals surface area contributed by atoms with E-state index in [4.69, 9.17) is 22.1 Å². The van der Waals surface area contributed by atoms with Crippen LogP contribution in [-0.2, 0) is 0 Å². The first-order chi connectivity index (χ1) is 5.65. The van der Waals surface area contributed by atoms with E-state index in [0.29, 0.717) is 10.9 Å². The quantitative estimate of drug-likeness (QED) is 0.717. The predicted molar refractivity (Wildman–Crippen MR) is 48.4 cm³/mol. The number of rotatable bonds is 2. The molecule has 4 heteroatoms. The fraction of sp³-hybridized carbons (Fsp3) is 0.375. The summed E-state index contributed by atoms with van der Waals surface area (Å²) in [6.45, 7) is 1.87. The molecule has 66 valence electrons. The number of ether oxygens (including phenoxy) is 1. The Morgan fingerprint density at radius 1 is 1.67 bits per heavy atom. The van der Waals surface area contributed by atoms with E-state index in [1.807, 2.05) is 6.92 Å². The van der Waals surface area contributed by atoms with Gasteiger partial charge in [0.25, 0.3) is 0 Å². The minimum absolute atomic E-state index is 0.0929.